The highest BCUT2D eigenvalue weighted by Crippen LogP contribution is 2.49. The summed E-state index contributed by atoms with van der Waals surface area (Å²) in [6.45, 7) is 1.76. The fourth-order valence-electron chi connectivity index (χ4n) is 2.89. The SMILES string of the molecule is C[C@]12CCCC(=O)[C@@]1(O)CCCC2=O. The molecule has 0 radical (unpaired) electrons. The molecule has 2 aliphatic rings. The smallest absolute Gasteiger partial charge is 0.165 e. The number of fused-ring (bicyclic) bond motifs is 1. The molecule has 0 aromatic heterocycles. The number of rotatable bonds is 0. The van der Waals surface area contributed by atoms with Crippen molar-refractivity contribution in [3.05, 3.63) is 0 Å². The van der Waals surface area contributed by atoms with Crippen LogP contribution in [0.2, 0.25) is 0 Å². The van der Waals surface area contributed by atoms with Crippen LogP contribution in [0.5, 0.6) is 0 Å². The van der Waals surface area contributed by atoms with Crippen LogP contribution in [-0.2, 0) is 9.59 Å². The van der Waals surface area contributed by atoms with Gasteiger partial charge in [0.05, 0.1) is 5.41 Å². The van der Waals surface area contributed by atoms with Crippen molar-refractivity contribution in [3.8, 4) is 0 Å². The number of hydrogen-bond acceptors (Lipinski definition) is 3. The van der Waals surface area contributed by atoms with E-state index >= 15 is 0 Å². The fraction of sp³-hybridized carbons (Fsp3) is 0.818. The third kappa shape index (κ3) is 1.02. The predicted molar refractivity (Wildman–Crippen MR) is 50.8 cm³/mol. The Labute approximate surface area is 83.5 Å². The van der Waals surface area contributed by atoms with Gasteiger partial charge in [0.25, 0.3) is 0 Å². The molecule has 0 aromatic carbocycles. The summed E-state index contributed by atoms with van der Waals surface area (Å²) in [4.78, 5) is 23.5. The van der Waals surface area contributed by atoms with Crippen LogP contribution in [0.3, 0.4) is 0 Å². The highest BCUT2D eigenvalue weighted by atomic mass is 16.3. The van der Waals surface area contributed by atoms with Crippen molar-refractivity contribution in [2.75, 3.05) is 0 Å². The molecular weight excluding hydrogens is 180 g/mol. The zero-order chi connectivity index (χ0) is 10.4. The highest BCUT2D eigenvalue weighted by Gasteiger charge is 2.59. The van der Waals surface area contributed by atoms with Crippen LogP contribution in [-0.4, -0.2) is 22.3 Å². The van der Waals surface area contributed by atoms with Gasteiger partial charge < -0.3 is 5.11 Å². The lowest BCUT2D eigenvalue weighted by molar-refractivity contribution is -0.175. The number of Topliss-reactive ketones (excluding diaryl/α,β-unsaturated/α-hetero) is 2. The average molecular weight is 196 g/mol. The third-order valence-electron chi connectivity index (χ3n) is 4.01. The van der Waals surface area contributed by atoms with Gasteiger partial charge in [0.2, 0.25) is 0 Å². The molecule has 1 N–H and O–H groups in total. The van der Waals surface area contributed by atoms with E-state index in [1.54, 1.807) is 6.92 Å². The van der Waals surface area contributed by atoms with Crippen molar-refractivity contribution in [2.45, 2.75) is 51.0 Å². The summed E-state index contributed by atoms with van der Waals surface area (Å²) in [6.07, 6.45) is 3.47. The summed E-state index contributed by atoms with van der Waals surface area (Å²) in [5.74, 6) is -0.0569. The first-order valence-electron chi connectivity index (χ1n) is 5.30. The Morgan fingerprint density at radius 1 is 1.07 bits per heavy atom. The predicted octanol–water partition coefficient (Wildman–Crippen LogP) is 1.23. The molecule has 0 amide bonds. The molecule has 0 bridgehead atoms. The molecule has 0 heterocycles. The molecular formula is C11H16O3. The van der Waals surface area contributed by atoms with Gasteiger partial charge >= 0.3 is 0 Å². The molecule has 78 valence electrons. The molecule has 0 unspecified atom stereocenters. The summed E-state index contributed by atoms with van der Waals surface area (Å²) < 4.78 is 0. The molecule has 0 spiro atoms. The first-order valence-corrected chi connectivity index (χ1v) is 5.30. The first-order chi connectivity index (χ1) is 6.51. The fourth-order valence-corrected chi connectivity index (χ4v) is 2.89. The average Bonchev–Trinajstić information content (AvgIpc) is 2.13. The molecule has 2 saturated carbocycles. The van der Waals surface area contributed by atoms with E-state index in [1.807, 2.05) is 0 Å². The quantitative estimate of drug-likeness (QED) is 0.634. The highest BCUT2D eigenvalue weighted by molar-refractivity contribution is 5.99. The molecule has 2 rings (SSSR count). The van der Waals surface area contributed by atoms with Crippen LogP contribution in [0.25, 0.3) is 0 Å². The summed E-state index contributed by atoms with van der Waals surface area (Å²) in [5, 5.41) is 10.3. The minimum absolute atomic E-state index is 0.0688. The van der Waals surface area contributed by atoms with Crippen molar-refractivity contribution in [2.24, 2.45) is 5.41 Å². The lowest BCUT2D eigenvalue weighted by Gasteiger charge is -2.48. The molecule has 2 aliphatic carbocycles. The van der Waals surface area contributed by atoms with Crippen molar-refractivity contribution < 1.29 is 14.7 Å². The van der Waals surface area contributed by atoms with Gasteiger partial charge in [0.15, 0.2) is 5.78 Å². The van der Waals surface area contributed by atoms with Gasteiger partial charge in [-0.15, -0.1) is 0 Å². The zero-order valence-electron chi connectivity index (χ0n) is 8.51. The van der Waals surface area contributed by atoms with Crippen LogP contribution in [0.1, 0.15) is 45.4 Å². The summed E-state index contributed by atoms with van der Waals surface area (Å²) in [7, 11) is 0. The molecule has 2 fully saturated rings. The van der Waals surface area contributed by atoms with Crippen LogP contribution in [0.15, 0.2) is 0 Å². The lowest BCUT2D eigenvalue weighted by atomic mass is 9.56. The molecule has 0 aliphatic heterocycles. The monoisotopic (exact) mass is 196 g/mol. The van der Waals surface area contributed by atoms with Gasteiger partial charge in [-0.05, 0) is 32.6 Å². The summed E-state index contributed by atoms with van der Waals surface area (Å²) in [5.41, 5.74) is -2.14. The van der Waals surface area contributed by atoms with Crippen LogP contribution in [0.4, 0.5) is 0 Å². The van der Waals surface area contributed by atoms with E-state index in [0.29, 0.717) is 32.1 Å². The molecule has 2 atom stereocenters. The van der Waals surface area contributed by atoms with Gasteiger partial charge in [0.1, 0.15) is 11.4 Å². The Bertz CT molecular complexity index is 267. The van der Waals surface area contributed by atoms with Gasteiger partial charge in [0, 0.05) is 12.8 Å². The first kappa shape index (κ1) is 9.84. The van der Waals surface area contributed by atoms with Gasteiger partial charge in [-0.2, -0.15) is 0 Å². The normalized spacial score (nSPS) is 43.6. The van der Waals surface area contributed by atoms with Crippen molar-refractivity contribution in [3.63, 3.8) is 0 Å². The minimum atomic E-state index is -1.35. The third-order valence-corrected chi connectivity index (χ3v) is 4.01. The Hall–Kier alpha value is -0.700. The minimum Gasteiger partial charge on any atom is -0.381 e. The molecule has 3 heteroatoms. The molecule has 3 nitrogen and oxygen atoms in total. The standard InChI is InChI=1S/C11H16O3/c1-10-6-2-5-9(13)11(10,14)7-3-4-8(10)12/h14H,2-7H2,1H3/t10-,11+/m1/s1. The zero-order valence-corrected chi connectivity index (χ0v) is 8.51. The molecule has 0 aromatic rings. The number of ketones is 2. The second-order valence-electron chi connectivity index (χ2n) is 4.75. The van der Waals surface area contributed by atoms with E-state index in [1.165, 1.54) is 0 Å². The summed E-state index contributed by atoms with van der Waals surface area (Å²) in [6, 6.07) is 0. The largest absolute Gasteiger partial charge is 0.381 e. The van der Waals surface area contributed by atoms with Gasteiger partial charge in [-0.3, -0.25) is 9.59 Å². The van der Waals surface area contributed by atoms with Crippen molar-refractivity contribution in [1.82, 2.24) is 0 Å². The van der Waals surface area contributed by atoms with Crippen LogP contribution in [0, 0.1) is 5.41 Å². The second-order valence-corrected chi connectivity index (χ2v) is 4.75. The van der Waals surface area contributed by atoms with E-state index in [0.717, 1.165) is 6.42 Å². The Morgan fingerprint density at radius 3 is 2.29 bits per heavy atom. The van der Waals surface area contributed by atoms with Crippen LogP contribution >= 0.6 is 0 Å². The lowest BCUT2D eigenvalue weighted by Crippen LogP contribution is -2.61. The number of carbonyl (C=O) groups excluding carboxylic acids is 2. The number of hydrogen-bond donors (Lipinski definition) is 1. The summed E-state index contributed by atoms with van der Waals surface area (Å²) >= 11 is 0. The van der Waals surface area contributed by atoms with E-state index in [9.17, 15) is 14.7 Å². The molecule has 0 saturated heterocycles. The van der Waals surface area contributed by atoms with Crippen molar-refractivity contribution in [1.29, 1.82) is 0 Å². The van der Waals surface area contributed by atoms with E-state index in [2.05, 4.69) is 0 Å². The topological polar surface area (TPSA) is 54.4 Å². The van der Waals surface area contributed by atoms with Gasteiger partial charge in [-0.1, -0.05) is 0 Å². The van der Waals surface area contributed by atoms with Crippen LogP contribution < -0.4 is 0 Å². The number of carbonyl (C=O) groups is 2. The van der Waals surface area contributed by atoms with Gasteiger partial charge in [-0.25, -0.2) is 0 Å². The Morgan fingerprint density at radius 2 is 1.64 bits per heavy atom. The van der Waals surface area contributed by atoms with E-state index in [-0.39, 0.29) is 11.6 Å². The maximum absolute atomic E-state index is 11.8. The maximum Gasteiger partial charge on any atom is 0.165 e. The Kier molecular flexibility index (Phi) is 2.03. The maximum atomic E-state index is 11.8. The number of aliphatic hydroxyl groups is 1. The van der Waals surface area contributed by atoms with E-state index in [4.69, 9.17) is 0 Å². The Balaban J connectivity index is 2.43. The molecule has 14 heavy (non-hydrogen) atoms. The second kappa shape index (κ2) is 2.89. The van der Waals surface area contributed by atoms with Crippen molar-refractivity contribution >= 4 is 11.6 Å². The van der Waals surface area contributed by atoms with E-state index < -0.39 is 11.0 Å².